The molecule has 5 nitrogen and oxygen atoms in total. The predicted octanol–water partition coefficient (Wildman–Crippen LogP) is 3.11. The lowest BCUT2D eigenvalue weighted by Gasteiger charge is -2.21. The quantitative estimate of drug-likeness (QED) is 0.838. The first-order valence-corrected chi connectivity index (χ1v) is 8.36. The number of aryl methyl sites for hydroxylation is 2. The molecule has 0 saturated carbocycles. The number of benzene rings is 2. The summed E-state index contributed by atoms with van der Waals surface area (Å²) in [5, 5.41) is 0. The molecule has 2 aromatic rings. The van der Waals surface area contributed by atoms with Crippen LogP contribution in [-0.4, -0.2) is 37.7 Å². The van der Waals surface area contributed by atoms with E-state index in [1.54, 1.807) is 11.9 Å². The van der Waals surface area contributed by atoms with Crippen molar-refractivity contribution in [1.29, 1.82) is 0 Å². The first kappa shape index (κ1) is 17.1. The van der Waals surface area contributed by atoms with Gasteiger partial charge in [0.1, 0.15) is 19.0 Å². The van der Waals surface area contributed by atoms with E-state index in [0.29, 0.717) is 19.8 Å². The molecular weight excluding hydrogens is 318 g/mol. The highest BCUT2D eigenvalue weighted by Gasteiger charge is 2.15. The average Bonchev–Trinajstić information content (AvgIpc) is 2.61. The van der Waals surface area contributed by atoms with Gasteiger partial charge in [-0.1, -0.05) is 24.3 Å². The van der Waals surface area contributed by atoms with E-state index in [4.69, 9.17) is 14.2 Å². The van der Waals surface area contributed by atoms with Crippen LogP contribution in [0.1, 0.15) is 16.7 Å². The van der Waals surface area contributed by atoms with E-state index in [0.717, 1.165) is 33.9 Å². The molecular formula is C20H23NO4. The third kappa shape index (κ3) is 4.05. The normalized spacial score (nSPS) is 12.6. The Bertz CT molecular complexity index is 752. The second-order valence-corrected chi connectivity index (χ2v) is 6.24. The van der Waals surface area contributed by atoms with Gasteiger partial charge in [0, 0.05) is 13.6 Å². The molecule has 0 bridgehead atoms. The highest BCUT2D eigenvalue weighted by atomic mass is 16.6. The maximum Gasteiger partial charge on any atom is 0.260 e. The molecule has 2 aromatic carbocycles. The predicted molar refractivity (Wildman–Crippen MR) is 95.3 cm³/mol. The number of amides is 1. The Morgan fingerprint density at radius 2 is 1.76 bits per heavy atom. The van der Waals surface area contributed by atoms with Gasteiger partial charge >= 0.3 is 0 Å². The number of likely N-dealkylation sites (N-methyl/N-ethyl adjacent to an activating group) is 1. The van der Waals surface area contributed by atoms with Crippen molar-refractivity contribution in [2.45, 2.75) is 20.4 Å². The van der Waals surface area contributed by atoms with Crippen molar-refractivity contribution in [2.24, 2.45) is 0 Å². The molecule has 3 rings (SSSR count). The lowest BCUT2D eigenvalue weighted by atomic mass is 10.1. The first-order chi connectivity index (χ1) is 12.0. The summed E-state index contributed by atoms with van der Waals surface area (Å²) in [5.74, 6) is 2.19. The number of hydrogen-bond acceptors (Lipinski definition) is 4. The van der Waals surface area contributed by atoms with E-state index in [1.807, 2.05) is 50.2 Å². The minimum absolute atomic E-state index is 0.0206. The van der Waals surface area contributed by atoms with Gasteiger partial charge in [0.25, 0.3) is 5.91 Å². The van der Waals surface area contributed by atoms with E-state index >= 15 is 0 Å². The number of rotatable bonds is 5. The standard InChI is InChI=1S/C20H23NO4/c1-14-5-4-6-15(2)20(14)25-13-19(22)21(3)12-16-7-8-17-18(11-16)24-10-9-23-17/h4-8,11H,9-10,12-13H2,1-3H3. The Kier molecular flexibility index (Phi) is 5.12. The third-order valence-electron chi connectivity index (χ3n) is 4.20. The van der Waals surface area contributed by atoms with Gasteiger partial charge in [-0.15, -0.1) is 0 Å². The number of carbonyl (C=O) groups excluding carboxylic acids is 1. The zero-order valence-corrected chi connectivity index (χ0v) is 14.9. The minimum Gasteiger partial charge on any atom is -0.486 e. The number of hydrogen-bond donors (Lipinski definition) is 0. The average molecular weight is 341 g/mol. The molecule has 1 aliphatic rings. The maximum absolute atomic E-state index is 12.4. The Labute approximate surface area is 148 Å². The summed E-state index contributed by atoms with van der Waals surface area (Å²) in [6.07, 6.45) is 0. The highest BCUT2D eigenvalue weighted by molar-refractivity contribution is 5.77. The summed E-state index contributed by atoms with van der Waals surface area (Å²) in [4.78, 5) is 14.0. The number of nitrogens with zero attached hydrogens (tertiary/aromatic N) is 1. The van der Waals surface area contributed by atoms with Gasteiger partial charge in [-0.25, -0.2) is 0 Å². The van der Waals surface area contributed by atoms with Crippen LogP contribution in [0.3, 0.4) is 0 Å². The van der Waals surface area contributed by atoms with Crippen LogP contribution < -0.4 is 14.2 Å². The monoisotopic (exact) mass is 341 g/mol. The van der Waals surface area contributed by atoms with Crippen molar-refractivity contribution in [3.8, 4) is 17.2 Å². The Balaban J connectivity index is 1.59. The van der Waals surface area contributed by atoms with Crippen LogP contribution in [0.25, 0.3) is 0 Å². The first-order valence-electron chi connectivity index (χ1n) is 8.36. The van der Waals surface area contributed by atoms with E-state index in [1.165, 1.54) is 0 Å². The van der Waals surface area contributed by atoms with Crippen molar-refractivity contribution in [2.75, 3.05) is 26.9 Å². The molecule has 5 heteroatoms. The van der Waals surface area contributed by atoms with Gasteiger partial charge in [-0.05, 0) is 42.7 Å². The van der Waals surface area contributed by atoms with Crippen LogP contribution in [0.5, 0.6) is 17.2 Å². The molecule has 0 atom stereocenters. The van der Waals surface area contributed by atoms with Gasteiger partial charge in [-0.2, -0.15) is 0 Å². The summed E-state index contributed by atoms with van der Waals surface area (Å²) < 4.78 is 16.8. The van der Waals surface area contributed by atoms with E-state index in [9.17, 15) is 4.79 Å². The maximum atomic E-state index is 12.4. The summed E-state index contributed by atoms with van der Waals surface area (Å²) >= 11 is 0. The molecule has 0 spiro atoms. The van der Waals surface area contributed by atoms with Gasteiger partial charge in [0.05, 0.1) is 0 Å². The lowest BCUT2D eigenvalue weighted by Crippen LogP contribution is -2.31. The molecule has 0 aliphatic carbocycles. The fourth-order valence-corrected chi connectivity index (χ4v) is 2.82. The van der Waals surface area contributed by atoms with Crippen LogP contribution in [0.4, 0.5) is 0 Å². The summed E-state index contributed by atoms with van der Waals surface area (Å²) in [7, 11) is 1.77. The Morgan fingerprint density at radius 1 is 1.08 bits per heavy atom. The van der Waals surface area contributed by atoms with Gasteiger partial charge in [0.15, 0.2) is 18.1 Å². The highest BCUT2D eigenvalue weighted by Crippen LogP contribution is 2.31. The number of para-hydroxylation sites is 1. The molecule has 0 N–H and O–H groups in total. The van der Waals surface area contributed by atoms with E-state index in [2.05, 4.69) is 0 Å². The van der Waals surface area contributed by atoms with Crippen LogP contribution in [0.2, 0.25) is 0 Å². The molecule has 1 amide bonds. The number of fused-ring (bicyclic) bond motifs is 1. The molecule has 0 radical (unpaired) electrons. The third-order valence-corrected chi connectivity index (χ3v) is 4.20. The molecule has 132 valence electrons. The van der Waals surface area contributed by atoms with Crippen molar-refractivity contribution in [3.05, 3.63) is 53.1 Å². The largest absolute Gasteiger partial charge is 0.486 e. The van der Waals surface area contributed by atoms with Crippen LogP contribution in [0, 0.1) is 13.8 Å². The summed E-state index contributed by atoms with van der Waals surface area (Å²) in [6, 6.07) is 11.7. The van der Waals surface area contributed by atoms with Crippen LogP contribution in [0.15, 0.2) is 36.4 Å². The second-order valence-electron chi connectivity index (χ2n) is 6.24. The van der Waals surface area contributed by atoms with Crippen molar-refractivity contribution < 1.29 is 19.0 Å². The zero-order valence-electron chi connectivity index (χ0n) is 14.9. The summed E-state index contributed by atoms with van der Waals surface area (Å²) in [6.45, 7) is 5.59. The summed E-state index contributed by atoms with van der Waals surface area (Å²) in [5.41, 5.74) is 3.05. The van der Waals surface area contributed by atoms with Crippen LogP contribution >= 0.6 is 0 Å². The van der Waals surface area contributed by atoms with Crippen molar-refractivity contribution in [1.82, 2.24) is 4.90 Å². The number of ether oxygens (including phenoxy) is 3. The smallest absolute Gasteiger partial charge is 0.260 e. The van der Waals surface area contributed by atoms with Gasteiger partial charge in [0.2, 0.25) is 0 Å². The fraction of sp³-hybridized carbons (Fsp3) is 0.350. The Hall–Kier alpha value is -2.69. The molecule has 1 heterocycles. The minimum atomic E-state index is -0.0717. The second kappa shape index (κ2) is 7.47. The Morgan fingerprint density at radius 3 is 2.48 bits per heavy atom. The van der Waals surface area contributed by atoms with Crippen molar-refractivity contribution in [3.63, 3.8) is 0 Å². The molecule has 0 saturated heterocycles. The SMILES string of the molecule is Cc1cccc(C)c1OCC(=O)N(C)Cc1ccc2c(c1)OCCO2. The molecule has 0 fully saturated rings. The number of carbonyl (C=O) groups is 1. The van der Waals surface area contributed by atoms with E-state index in [-0.39, 0.29) is 12.5 Å². The van der Waals surface area contributed by atoms with Gasteiger partial charge in [-0.3, -0.25) is 4.79 Å². The molecule has 0 unspecified atom stereocenters. The molecule has 1 aliphatic heterocycles. The zero-order chi connectivity index (χ0) is 17.8. The topological polar surface area (TPSA) is 48.0 Å². The van der Waals surface area contributed by atoms with Crippen molar-refractivity contribution >= 4 is 5.91 Å². The molecule has 0 aromatic heterocycles. The molecule has 25 heavy (non-hydrogen) atoms. The van der Waals surface area contributed by atoms with E-state index < -0.39 is 0 Å². The lowest BCUT2D eigenvalue weighted by molar-refractivity contribution is -0.132. The van der Waals surface area contributed by atoms with Gasteiger partial charge < -0.3 is 19.1 Å². The van der Waals surface area contributed by atoms with Crippen LogP contribution in [-0.2, 0) is 11.3 Å². The fourth-order valence-electron chi connectivity index (χ4n) is 2.82.